The fraction of sp³-hybridized carbons (Fsp3) is 0.625. The van der Waals surface area contributed by atoms with Crippen molar-refractivity contribution in [3.8, 4) is 0 Å². The van der Waals surface area contributed by atoms with Gasteiger partial charge in [0.05, 0.1) is 5.69 Å². The molecule has 0 spiro atoms. The molecule has 20 heavy (non-hydrogen) atoms. The van der Waals surface area contributed by atoms with Gasteiger partial charge < -0.3 is 4.90 Å². The Bertz CT molecular complexity index is 506. The lowest BCUT2D eigenvalue weighted by molar-refractivity contribution is -0.137. The Morgan fingerprint density at radius 2 is 2.30 bits per heavy atom. The largest absolute Gasteiger partial charge is 0.342 e. The van der Waals surface area contributed by atoms with E-state index in [9.17, 15) is 4.79 Å². The molecule has 3 rings (SSSR count). The molecule has 1 amide bonds. The number of likely N-dealkylation sites (tertiary alicyclic amines) is 1. The van der Waals surface area contributed by atoms with Crippen molar-refractivity contribution in [3.05, 3.63) is 29.6 Å². The topological polar surface area (TPSA) is 49.0 Å². The van der Waals surface area contributed by atoms with Gasteiger partial charge in [-0.1, -0.05) is 12.2 Å². The summed E-state index contributed by atoms with van der Waals surface area (Å²) in [6.45, 7) is 3.78. The summed E-state index contributed by atoms with van der Waals surface area (Å²) in [5.74, 6) is 0.961. The summed E-state index contributed by atoms with van der Waals surface area (Å²) in [5, 5.41) is 7.38. The fourth-order valence-electron chi connectivity index (χ4n) is 3.34. The number of nitrogens with zero attached hydrogens (tertiary/aromatic N) is 2. The average Bonchev–Trinajstić information content (AvgIpc) is 2.94. The number of carbonyl (C=O) groups is 1. The molecule has 2 heterocycles. The van der Waals surface area contributed by atoms with E-state index in [4.69, 9.17) is 0 Å². The molecule has 1 fully saturated rings. The van der Waals surface area contributed by atoms with Crippen molar-refractivity contribution in [2.75, 3.05) is 13.1 Å². The van der Waals surface area contributed by atoms with Gasteiger partial charge in [-0.25, -0.2) is 0 Å². The standard InChI is InChI=1S/C16H23N3O/c1-12-10-15(18-17-12)14-8-5-9-19(11-14)16(20)13-6-3-2-4-7-13/h2-3,10,13-14H,4-9,11H2,1H3,(H,17,18). The van der Waals surface area contributed by atoms with E-state index in [2.05, 4.69) is 33.3 Å². The number of allylic oxidation sites excluding steroid dienone is 2. The van der Waals surface area contributed by atoms with Gasteiger partial charge in [0, 0.05) is 30.6 Å². The van der Waals surface area contributed by atoms with Crippen LogP contribution >= 0.6 is 0 Å². The Morgan fingerprint density at radius 3 is 3.00 bits per heavy atom. The molecule has 1 aliphatic carbocycles. The Labute approximate surface area is 120 Å². The molecule has 0 aromatic carbocycles. The molecule has 1 saturated heterocycles. The number of amides is 1. The van der Waals surface area contributed by atoms with Crippen LogP contribution in [0.2, 0.25) is 0 Å². The lowest BCUT2D eigenvalue weighted by atomic mass is 9.90. The lowest BCUT2D eigenvalue weighted by Gasteiger charge is -2.34. The third-order valence-corrected chi connectivity index (χ3v) is 4.50. The number of aromatic nitrogens is 2. The molecule has 1 N–H and O–H groups in total. The summed E-state index contributed by atoms with van der Waals surface area (Å²) in [7, 11) is 0. The molecule has 1 aromatic heterocycles. The SMILES string of the molecule is Cc1cc(C2CCCN(C(=O)C3CC=CCC3)C2)n[nH]1. The first kappa shape index (κ1) is 13.4. The molecule has 0 saturated carbocycles. The van der Waals surface area contributed by atoms with E-state index in [-0.39, 0.29) is 5.92 Å². The highest BCUT2D eigenvalue weighted by atomic mass is 16.2. The minimum Gasteiger partial charge on any atom is -0.342 e. The first-order chi connectivity index (χ1) is 9.74. The maximum absolute atomic E-state index is 12.6. The number of aromatic amines is 1. The summed E-state index contributed by atoms with van der Waals surface area (Å²) in [4.78, 5) is 14.7. The Kier molecular flexibility index (Phi) is 3.90. The Balaban J connectivity index is 1.65. The predicted octanol–water partition coefficient (Wildman–Crippen LogP) is 2.78. The number of piperidine rings is 1. The maximum atomic E-state index is 12.6. The Morgan fingerprint density at radius 1 is 1.40 bits per heavy atom. The molecule has 1 aliphatic heterocycles. The van der Waals surface area contributed by atoms with Crippen LogP contribution in [0.25, 0.3) is 0 Å². The highest BCUT2D eigenvalue weighted by molar-refractivity contribution is 5.79. The first-order valence-electron chi connectivity index (χ1n) is 7.69. The maximum Gasteiger partial charge on any atom is 0.226 e. The second kappa shape index (κ2) is 5.81. The van der Waals surface area contributed by atoms with E-state index in [1.54, 1.807) is 0 Å². The van der Waals surface area contributed by atoms with Crippen molar-refractivity contribution in [3.63, 3.8) is 0 Å². The lowest BCUT2D eigenvalue weighted by Crippen LogP contribution is -2.42. The number of carbonyl (C=O) groups excluding carboxylic acids is 1. The highest BCUT2D eigenvalue weighted by Gasteiger charge is 2.30. The average molecular weight is 273 g/mol. The van der Waals surface area contributed by atoms with Gasteiger partial charge in [-0.05, 0) is 45.1 Å². The van der Waals surface area contributed by atoms with Gasteiger partial charge in [-0.15, -0.1) is 0 Å². The summed E-state index contributed by atoms with van der Waals surface area (Å²) in [5.41, 5.74) is 2.21. The van der Waals surface area contributed by atoms with Crippen LogP contribution in [-0.2, 0) is 4.79 Å². The summed E-state index contributed by atoms with van der Waals surface area (Å²) >= 11 is 0. The van der Waals surface area contributed by atoms with Crippen molar-refractivity contribution in [2.45, 2.75) is 44.9 Å². The molecule has 2 aliphatic rings. The number of hydrogen-bond acceptors (Lipinski definition) is 2. The quantitative estimate of drug-likeness (QED) is 0.842. The first-order valence-corrected chi connectivity index (χ1v) is 7.69. The van der Waals surface area contributed by atoms with E-state index < -0.39 is 0 Å². The van der Waals surface area contributed by atoms with E-state index in [0.29, 0.717) is 11.8 Å². The third-order valence-electron chi connectivity index (χ3n) is 4.50. The number of aryl methyl sites for hydroxylation is 1. The third kappa shape index (κ3) is 2.79. The van der Waals surface area contributed by atoms with Gasteiger partial charge >= 0.3 is 0 Å². The van der Waals surface area contributed by atoms with Crippen LogP contribution in [0.15, 0.2) is 18.2 Å². The second-order valence-corrected chi connectivity index (χ2v) is 6.08. The molecule has 1 aromatic rings. The smallest absolute Gasteiger partial charge is 0.226 e. The van der Waals surface area contributed by atoms with E-state index in [0.717, 1.165) is 56.6 Å². The van der Waals surface area contributed by atoms with Crippen LogP contribution in [-0.4, -0.2) is 34.1 Å². The molecule has 4 nitrogen and oxygen atoms in total. The zero-order valence-electron chi connectivity index (χ0n) is 12.1. The van der Waals surface area contributed by atoms with Gasteiger partial charge in [0.1, 0.15) is 0 Å². The Hall–Kier alpha value is -1.58. The van der Waals surface area contributed by atoms with E-state index in [1.165, 1.54) is 0 Å². The van der Waals surface area contributed by atoms with Crippen molar-refractivity contribution < 1.29 is 4.79 Å². The number of rotatable bonds is 2. The van der Waals surface area contributed by atoms with Crippen LogP contribution in [0, 0.1) is 12.8 Å². The molecule has 108 valence electrons. The van der Waals surface area contributed by atoms with Crippen LogP contribution in [0.4, 0.5) is 0 Å². The summed E-state index contributed by atoms with van der Waals surface area (Å²) < 4.78 is 0. The van der Waals surface area contributed by atoms with Gasteiger partial charge in [0.2, 0.25) is 5.91 Å². The normalized spacial score (nSPS) is 26.8. The predicted molar refractivity (Wildman–Crippen MR) is 78.4 cm³/mol. The zero-order valence-corrected chi connectivity index (χ0v) is 12.1. The van der Waals surface area contributed by atoms with Crippen LogP contribution in [0.5, 0.6) is 0 Å². The van der Waals surface area contributed by atoms with Gasteiger partial charge in [-0.2, -0.15) is 5.10 Å². The molecular weight excluding hydrogens is 250 g/mol. The van der Waals surface area contributed by atoms with Crippen LogP contribution in [0.3, 0.4) is 0 Å². The fourth-order valence-corrected chi connectivity index (χ4v) is 3.34. The van der Waals surface area contributed by atoms with Gasteiger partial charge in [-0.3, -0.25) is 9.89 Å². The highest BCUT2D eigenvalue weighted by Crippen LogP contribution is 2.28. The molecule has 0 radical (unpaired) electrons. The van der Waals surface area contributed by atoms with E-state index in [1.807, 2.05) is 6.92 Å². The summed E-state index contributed by atoms with van der Waals surface area (Å²) in [6, 6.07) is 2.11. The van der Waals surface area contributed by atoms with Crippen LogP contribution < -0.4 is 0 Å². The zero-order chi connectivity index (χ0) is 13.9. The molecular formula is C16H23N3O. The van der Waals surface area contributed by atoms with Crippen molar-refractivity contribution in [2.24, 2.45) is 5.92 Å². The molecule has 4 heteroatoms. The van der Waals surface area contributed by atoms with Crippen molar-refractivity contribution in [1.29, 1.82) is 0 Å². The van der Waals surface area contributed by atoms with Gasteiger partial charge in [0.25, 0.3) is 0 Å². The number of nitrogens with one attached hydrogen (secondary N) is 1. The number of hydrogen-bond donors (Lipinski definition) is 1. The number of H-pyrrole nitrogens is 1. The summed E-state index contributed by atoms with van der Waals surface area (Å²) in [6.07, 6.45) is 9.55. The minimum atomic E-state index is 0.208. The van der Waals surface area contributed by atoms with Gasteiger partial charge in [0.15, 0.2) is 0 Å². The monoisotopic (exact) mass is 273 g/mol. The van der Waals surface area contributed by atoms with E-state index >= 15 is 0 Å². The molecule has 0 bridgehead atoms. The molecule has 2 unspecified atom stereocenters. The van der Waals surface area contributed by atoms with Crippen molar-refractivity contribution >= 4 is 5.91 Å². The minimum absolute atomic E-state index is 0.208. The molecule has 2 atom stereocenters. The van der Waals surface area contributed by atoms with Crippen LogP contribution in [0.1, 0.15) is 49.4 Å². The van der Waals surface area contributed by atoms with Crippen molar-refractivity contribution in [1.82, 2.24) is 15.1 Å². The second-order valence-electron chi connectivity index (χ2n) is 6.08.